The molecule has 0 saturated heterocycles. The maximum atomic E-state index is 13.2. The number of nitro groups is 1. The molecule has 0 fully saturated rings. The average molecular weight is 313 g/mol. The first-order valence-corrected chi connectivity index (χ1v) is 5.67. The van der Waals surface area contributed by atoms with E-state index in [9.17, 15) is 32.1 Å². The second kappa shape index (κ2) is 5.55. The van der Waals surface area contributed by atoms with E-state index in [1.165, 1.54) is 0 Å². The van der Waals surface area contributed by atoms with E-state index in [4.69, 9.17) is 4.74 Å². The molecule has 0 heterocycles. The molecule has 1 aromatic carbocycles. The van der Waals surface area contributed by atoms with Crippen LogP contribution in [0.2, 0.25) is 0 Å². The summed E-state index contributed by atoms with van der Waals surface area (Å²) in [6.07, 6.45) is -7.33. The highest BCUT2D eigenvalue weighted by atomic mass is 19.4. The van der Waals surface area contributed by atoms with Crippen LogP contribution in [0.1, 0.15) is 18.9 Å². The molecule has 0 N–H and O–H groups in total. The SMILES string of the molecule is COC(C)(CC(F)(F)C(F)(F)F)c1ccc([N+](=O)[O-])cc1. The molecule has 1 unspecified atom stereocenters. The van der Waals surface area contributed by atoms with E-state index in [2.05, 4.69) is 0 Å². The highest BCUT2D eigenvalue weighted by Gasteiger charge is 2.60. The lowest BCUT2D eigenvalue weighted by Crippen LogP contribution is -2.43. The van der Waals surface area contributed by atoms with E-state index in [0.717, 1.165) is 38.3 Å². The predicted molar refractivity (Wildman–Crippen MR) is 63.1 cm³/mol. The van der Waals surface area contributed by atoms with Crippen molar-refractivity contribution in [1.29, 1.82) is 0 Å². The Labute approximate surface area is 116 Å². The van der Waals surface area contributed by atoms with Crippen molar-refractivity contribution in [2.45, 2.75) is 31.0 Å². The van der Waals surface area contributed by atoms with E-state index in [-0.39, 0.29) is 11.3 Å². The van der Waals surface area contributed by atoms with Crippen molar-refractivity contribution in [3.8, 4) is 0 Å². The Hall–Kier alpha value is -1.77. The molecular weight excluding hydrogens is 301 g/mol. The molecule has 0 aliphatic rings. The third-order valence-corrected chi connectivity index (χ3v) is 3.11. The molecule has 0 amide bonds. The molecular formula is C12H12F5NO3. The maximum absolute atomic E-state index is 13.2. The van der Waals surface area contributed by atoms with Gasteiger partial charge >= 0.3 is 12.1 Å². The van der Waals surface area contributed by atoms with Crippen molar-refractivity contribution < 1.29 is 31.6 Å². The predicted octanol–water partition coefficient (Wildman–Crippen LogP) is 4.04. The minimum absolute atomic E-state index is 0.0143. The third-order valence-electron chi connectivity index (χ3n) is 3.11. The number of nitrogens with zero attached hydrogens (tertiary/aromatic N) is 1. The summed E-state index contributed by atoms with van der Waals surface area (Å²) in [5, 5.41) is 10.5. The Morgan fingerprint density at radius 3 is 1.95 bits per heavy atom. The number of alkyl halides is 5. The van der Waals surface area contributed by atoms with Crippen molar-refractivity contribution in [3.05, 3.63) is 39.9 Å². The molecule has 4 nitrogen and oxygen atoms in total. The molecule has 118 valence electrons. The first-order valence-electron chi connectivity index (χ1n) is 5.67. The molecule has 9 heteroatoms. The number of nitro benzene ring substituents is 1. The lowest BCUT2D eigenvalue weighted by Gasteiger charge is -2.33. The summed E-state index contributed by atoms with van der Waals surface area (Å²) in [6, 6.07) is 4.21. The van der Waals surface area contributed by atoms with Gasteiger partial charge in [-0.05, 0) is 24.6 Å². The summed E-state index contributed by atoms with van der Waals surface area (Å²) in [7, 11) is 0.994. The number of non-ortho nitro benzene ring substituents is 1. The van der Waals surface area contributed by atoms with Gasteiger partial charge in [-0.25, -0.2) is 0 Å². The summed E-state index contributed by atoms with van der Waals surface area (Å²) >= 11 is 0. The van der Waals surface area contributed by atoms with E-state index in [0.29, 0.717) is 0 Å². The molecule has 1 rings (SSSR count). The molecule has 21 heavy (non-hydrogen) atoms. The monoisotopic (exact) mass is 313 g/mol. The minimum Gasteiger partial charge on any atom is -0.374 e. The largest absolute Gasteiger partial charge is 0.453 e. The van der Waals surface area contributed by atoms with Crippen LogP contribution in [0.15, 0.2) is 24.3 Å². The van der Waals surface area contributed by atoms with Crippen LogP contribution < -0.4 is 0 Å². The molecule has 0 aliphatic heterocycles. The minimum atomic E-state index is -5.70. The number of benzene rings is 1. The number of hydrogen-bond acceptors (Lipinski definition) is 3. The highest BCUT2D eigenvalue weighted by molar-refractivity contribution is 5.35. The fraction of sp³-hybridized carbons (Fsp3) is 0.500. The van der Waals surface area contributed by atoms with Crippen LogP contribution in [0, 0.1) is 10.1 Å². The summed E-state index contributed by atoms with van der Waals surface area (Å²) in [6.45, 7) is 1.06. The highest BCUT2D eigenvalue weighted by Crippen LogP contribution is 2.45. The van der Waals surface area contributed by atoms with Crippen molar-refractivity contribution in [3.63, 3.8) is 0 Å². The van der Waals surface area contributed by atoms with Crippen LogP contribution >= 0.6 is 0 Å². The van der Waals surface area contributed by atoms with E-state index < -0.39 is 29.0 Å². The van der Waals surface area contributed by atoms with Crippen LogP contribution in [0.25, 0.3) is 0 Å². The van der Waals surface area contributed by atoms with Gasteiger partial charge in [-0.3, -0.25) is 10.1 Å². The Kier molecular flexibility index (Phi) is 4.57. The molecule has 0 aliphatic carbocycles. The first-order chi connectivity index (χ1) is 9.43. The van der Waals surface area contributed by atoms with Crippen LogP contribution in [0.4, 0.5) is 27.6 Å². The summed E-state index contributed by atoms with van der Waals surface area (Å²) < 4.78 is 68.1. The Bertz CT molecular complexity index is 515. The summed E-state index contributed by atoms with van der Waals surface area (Å²) in [5.41, 5.74) is -2.26. The molecule has 0 saturated carbocycles. The fourth-order valence-electron chi connectivity index (χ4n) is 1.75. The van der Waals surface area contributed by atoms with Gasteiger partial charge in [0.05, 0.1) is 16.9 Å². The zero-order valence-electron chi connectivity index (χ0n) is 11.1. The summed E-state index contributed by atoms with van der Waals surface area (Å²) in [4.78, 5) is 9.79. The van der Waals surface area contributed by atoms with Gasteiger partial charge in [0.15, 0.2) is 0 Å². The molecule has 0 radical (unpaired) electrons. The zero-order chi connectivity index (χ0) is 16.5. The van der Waals surface area contributed by atoms with Crippen molar-refractivity contribution in [1.82, 2.24) is 0 Å². The summed E-state index contributed by atoms with van der Waals surface area (Å²) in [5.74, 6) is -4.94. The molecule has 0 bridgehead atoms. The quantitative estimate of drug-likeness (QED) is 0.468. The van der Waals surface area contributed by atoms with Gasteiger partial charge in [0.2, 0.25) is 0 Å². The smallest absolute Gasteiger partial charge is 0.374 e. The van der Waals surface area contributed by atoms with Crippen LogP contribution in [-0.2, 0) is 10.3 Å². The van der Waals surface area contributed by atoms with Gasteiger partial charge in [-0.1, -0.05) is 0 Å². The van der Waals surface area contributed by atoms with E-state index >= 15 is 0 Å². The standard InChI is InChI=1S/C12H12F5NO3/c1-10(21-2,7-11(13,14)12(15,16)17)8-3-5-9(6-4-8)18(19)20/h3-6H,7H2,1-2H3. The number of rotatable bonds is 5. The van der Waals surface area contributed by atoms with Gasteiger partial charge in [-0.15, -0.1) is 0 Å². The van der Waals surface area contributed by atoms with Gasteiger partial charge < -0.3 is 4.74 Å². The second-order valence-corrected chi connectivity index (χ2v) is 4.62. The Morgan fingerprint density at radius 2 is 1.62 bits per heavy atom. The first kappa shape index (κ1) is 17.3. The molecule has 0 aromatic heterocycles. The zero-order valence-corrected chi connectivity index (χ0v) is 11.1. The second-order valence-electron chi connectivity index (χ2n) is 4.62. The normalized spacial score (nSPS) is 15.6. The number of hydrogen-bond donors (Lipinski definition) is 0. The van der Waals surface area contributed by atoms with E-state index in [1.54, 1.807) is 0 Å². The number of methoxy groups -OCH3 is 1. The molecule has 1 aromatic rings. The van der Waals surface area contributed by atoms with Crippen LogP contribution in [0.3, 0.4) is 0 Å². The van der Waals surface area contributed by atoms with Crippen molar-refractivity contribution in [2.24, 2.45) is 0 Å². The maximum Gasteiger partial charge on any atom is 0.453 e. The third kappa shape index (κ3) is 3.66. The van der Waals surface area contributed by atoms with Crippen molar-refractivity contribution >= 4 is 5.69 Å². The average Bonchev–Trinajstić information content (AvgIpc) is 2.37. The van der Waals surface area contributed by atoms with Crippen LogP contribution in [0.5, 0.6) is 0 Å². The lowest BCUT2D eigenvalue weighted by atomic mass is 9.89. The number of ether oxygens (including phenoxy) is 1. The van der Waals surface area contributed by atoms with Gasteiger partial charge in [0, 0.05) is 19.2 Å². The Morgan fingerprint density at radius 1 is 1.14 bits per heavy atom. The molecule has 0 spiro atoms. The topological polar surface area (TPSA) is 52.4 Å². The number of halogens is 5. The Balaban J connectivity index is 3.12. The fourth-order valence-corrected chi connectivity index (χ4v) is 1.75. The molecule has 1 atom stereocenters. The van der Waals surface area contributed by atoms with Crippen LogP contribution in [-0.4, -0.2) is 24.1 Å². The van der Waals surface area contributed by atoms with Crippen molar-refractivity contribution in [2.75, 3.05) is 7.11 Å². The van der Waals surface area contributed by atoms with Gasteiger partial charge in [-0.2, -0.15) is 22.0 Å². The van der Waals surface area contributed by atoms with Gasteiger partial charge in [0.25, 0.3) is 5.69 Å². The lowest BCUT2D eigenvalue weighted by molar-refractivity contribution is -0.384. The van der Waals surface area contributed by atoms with Gasteiger partial charge in [0.1, 0.15) is 0 Å². The van der Waals surface area contributed by atoms with E-state index in [1.807, 2.05) is 0 Å².